The topological polar surface area (TPSA) is 104 Å². The molecular formula is C27H36N4O6. The standard InChI is InChI=1S/C27H36N4O6/c1-35-18-25(32)31-14-13-29(19-27(34,20-31)21-37-23-5-3-2-4-6-23)17-22-7-9-24(10-8-22)36-16-15-30-12-11-28-26(30)33/h2-10,34H,11-21H2,1H3,(H,28,33)/t27-/m1/s1. The average molecular weight is 513 g/mol. The quantitative estimate of drug-likeness (QED) is 0.466. The minimum absolute atomic E-state index is 0.0283. The molecule has 10 heteroatoms. The zero-order chi connectivity index (χ0) is 26.1. The second kappa shape index (κ2) is 12.8. The van der Waals surface area contributed by atoms with Gasteiger partial charge in [-0.3, -0.25) is 9.69 Å². The van der Waals surface area contributed by atoms with Gasteiger partial charge in [-0.1, -0.05) is 30.3 Å². The maximum absolute atomic E-state index is 12.6. The van der Waals surface area contributed by atoms with Gasteiger partial charge >= 0.3 is 6.03 Å². The maximum atomic E-state index is 12.6. The number of ether oxygens (including phenoxy) is 3. The molecule has 3 amide bonds. The van der Waals surface area contributed by atoms with Crippen molar-refractivity contribution in [2.45, 2.75) is 12.1 Å². The summed E-state index contributed by atoms with van der Waals surface area (Å²) >= 11 is 0. The third-order valence-corrected chi connectivity index (χ3v) is 6.47. The van der Waals surface area contributed by atoms with Crippen molar-refractivity contribution in [3.63, 3.8) is 0 Å². The van der Waals surface area contributed by atoms with Crippen molar-refractivity contribution in [2.75, 3.05) is 72.7 Å². The molecule has 1 atom stereocenters. The van der Waals surface area contributed by atoms with Crippen molar-refractivity contribution >= 4 is 11.9 Å². The molecule has 200 valence electrons. The summed E-state index contributed by atoms with van der Waals surface area (Å²) in [7, 11) is 1.49. The highest BCUT2D eigenvalue weighted by molar-refractivity contribution is 5.77. The summed E-state index contributed by atoms with van der Waals surface area (Å²) in [6.45, 7) is 4.61. The summed E-state index contributed by atoms with van der Waals surface area (Å²) in [5.74, 6) is 1.25. The van der Waals surface area contributed by atoms with Crippen molar-refractivity contribution in [1.29, 1.82) is 0 Å². The first-order chi connectivity index (χ1) is 17.9. The summed E-state index contributed by atoms with van der Waals surface area (Å²) < 4.78 is 16.7. The Labute approximate surface area is 217 Å². The fourth-order valence-electron chi connectivity index (χ4n) is 4.58. The Kier molecular flexibility index (Phi) is 9.21. The molecule has 0 aromatic heterocycles. The van der Waals surface area contributed by atoms with Crippen LogP contribution < -0.4 is 14.8 Å². The van der Waals surface area contributed by atoms with E-state index in [-0.39, 0.29) is 31.7 Å². The lowest BCUT2D eigenvalue weighted by Gasteiger charge is -2.33. The van der Waals surface area contributed by atoms with E-state index in [9.17, 15) is 14.7 Å². The summed E-state index contributed by atoms with van der Waals surface area (Å²) in [5.41, 5.74) is -0.185. The number of carbonyl (C=O) groups excluding carboxylic acids is 2. The van der Waals surface area contributed by atoms with Crippen LogP contribution >= 0.6 is 0 Å². The van der Waals surface area contributed by atoms with Gasteiger partial charge in [0.05, 0.1) is 13.1 Å². The Morgan fingerprint density at radius 2 is 1.76 bits per heavy atom. The molecule has 2 aliphatic heterocycles. The molecule has 0 unspecified atom stereocenters. The number of methoxy groups -OCH3 is 1. The SMILES string of the molecule is COCC(=O)N1CCN(Cc2ccc(OCCN3CCNC3=O)cc2)C[C@](O)(COc2ccccc2)C1. The van der Waals surface area contributed by atoms with Gasteiger partial charge in [0.1, 0.15) is 36.9 Å². The fraction of sp³-hybridized carbons (Fsp3) is 0.481. The van der Waals surface area contributed by atoms with Gasteiger partial charge in [-0.2, -0.15) is 0 Å². The third-order valence-electron chi connectivity index (χ3n) is 6.47. The normalized spacial score (nSPS) is 20.4. The predicted molar refractivity (Wildman–Crippen MR) is 138 cm³/mol. The number of β-amino-alcohol motifs (C(OH)–C–C–N with tert-alkyl or cyclic N) is 1. The summed E-state index contributed by atoms with van der Waals surface area (Å²) in [6.07, 6.45) is 0. The van der Waals surface area contributed by atoms with Crippen LogP contribution in [0.2, 0.25) is 0 Å². The Morgan fingerprint density at radius 1 is 1.00 bits per heavy atom. The van der Waals surface area contributed by atoms with Crippen molar-refractivity contribution < 1.29 is 28.9 Å². The first-order valence-electron chi connectivity index (χ1n) is 12.6. The molecule has 4 rings (SSSR count). The molecule has 0 bridgehead atoms. The largest absolute Gasteiger partial charge is 0.492 e. The van der Waals surface area contributed by atoms with E-state index in [2.05, 4.69) is 10.2 Å². The summed E-state index contributed by atoms with van der Waals surface area (Å²) in [4.78, 5) is 29.7. The van der Waals surface area contributed by atoms with E-state index in [1.165, 1.54) is 7.11 Å². The number of carbonyl (C=O) groups is 2. The van der Waals surface area contributed by atoms with E-state index in [4.69, 9.17) is 14.2 Å². The molecule has 0 aliphatic carbocycles. The summed E-state index contributed by atoms with van der Waals surface area (Å²) in [6, 6.07) is 17.1. The van der Waals surface area contributed by atoms with Crippen LogP contribution in [0.3, 0.4) is 0 Å². The zero-order valence-electron chi connectivity index (χ0n) is 21.3. The van der Waals surface area contributed by atoms with Crippen LogP contribution in [0.25, 0.3) is 0 Å². The monoisotopic (exact) mass is 512 g/mol. The molecule has 2 fully saturated rings. The zero-order valence-corrected chi connectivity index (χ0v) is 21.3. The van der Waals surface area contributed by atoms with Crippen molar-refractivity contribution in [2.24, 2.45) is 0 Å². The molecule has 2 aliphatic rings. The number of urea groups is 1. The number of para-hydroxylation sites is 1. The highest BCUT2D eigenvalue weighted by atomic mass is 16.5. The number of nitrogens with one attached hydrogen (secondary N) is 1. The fourth-order valence-corrected chi connectivity index (χ4v) is 4.58. The van der Waals surface area contributed by atoms with E-state index in [1.807, 2.05) is 54.6 Å². The first kappa shape index (κ1) is 26.7. The van der Waals surface area contributed by atoms with Crippen LogP contribution in [-0.4, -0.2) is 110 Å². The van der Waals surface area contributed by atoms with Crippen molar-refractivity contribution in [3.05, 3.63) is 60.2 Å². The number of aliphatic hydroxyl groups is 1. The lowest BCUT2D eigenvalue weighted by Crippen LogP contribution is -2.52. The van der Waals surface area contributed by atoms with E-state index in [0.29, 0.717) is 58.2 Å². The van der Waals surface area contributed by atoms with Gasteiger partial charge in [-0.05, 0) is 29.8 Å². The van der Waals surface area contributed by atoms with E-state index in [1.54, 1.807) is 9.80 Å². The molecule has 0 spiro atoms. The number of hydrogen-bond donors (Lipinski definition) is 2. The smallest absolute Gasteiger partial charge is 0.317 e. The Balaban J connectivity index is 1.35. The van der Waals surface area contributed by atoms with Crippen LogP contribution in [0.1, 0.15) is 5.56 Å². The van der Waals surface area contributed by atoms with Crippen LogP contribution in [0.5, 0.6) is 11.5 Å². The first-order valence-corrected chi connectivity index (χ1v) is 12.6. The minimum atomic E-state index is -1.25. The van der Waals surface area contributed by atoms with Crippen LogP contribution in [0, 0.1) is 0 Å². The van der Waals surface area contributed by atoms with Gasteiger partial charge in [0, 0.05) is 46.4 Å². The molecule has 2 saturated heterocycles. The van der Waals surface area contributed by atoms with E-state index in [0.717, 1.165) is 11.3 Å². The van der Waals surface area contributed by atoms with Gasteiger partial charge in [0.25, 0.3) is 0 Å². The van der Waals surface area contributed by atoms with Gasteiger partial charge in [0.2, 0.25) is 5.91 Å². The maximum Gasteiger partial charge on any atom is 0.317 e. The average Bonchev–Trinajstić information content (AvgIpc) is 3.23. The van der Waals surface area contributed by atoms with Gasteiger partial charge in [-0.15, -0.1) is 0 Å². The third kappa shape index (κ3) is 7.82. The number of amides is 3. The second-order valence-corrected chi connectivity index (χ2v) is 9.50. The molecule has 2 heterocycles. The van der Waals surface area contributed by atoms with E-state index >= 15 is 0 Å². The van der Waals surface area contributed by atoms with E-state index < -0.39 is 5.60 Å². The van der Waals surface area contributed by atoms with Gasteiger partial charge in [-0.25, -0.2) is 4.79 Å². The Hall–Kier alpha value is -3.34. The van der Waals surface area contributed by atoms with Crippen LogP contribution in [0.4, 0.5) is 4.79 Å². The molecule has 2 aromatic rings. The number of benzene rings is 2. The molecule has 0 radical (unpaired) electrons. The number of hydrogen-bond acceptors (Lipinski definition) is 7. The Morgan fingerprint density at radius 3 is 2.46 bits per heavy atom. The van der Waals surface area contributed by atoms with Crippen LogP contribution in [-0.2, 0) is 16.1 Å². The number of rotatable bonds is 11. The van der Waals surface area contributed by atoms with Crippen LogP contribution in [0.15, 0.2) is 54.6 Å². The van der Waals surface area contributed by atoms with Gasteiger partial charge in [0.15, 0.2) is 0 Å². The molecule has 37 heavy (non-hydrogen) atoms. The molecule has 2 aromatic carbocycles. The highest BCUT2D eigenvalue weighted by Gasteiger charge is 2.37. The molecule has 0 saturated carbocycles. The van der Waals surface area contributed by atoms with Gasteiger partial charge < -0.3 is 34.4 Å². The Bertz CT molecular complexity index is 1020. The van der Waals surface area contributed by atoms with Crippen molar-refractivity contribution in [3.8, 4) is 11.5 Å². The molecule has 2 N–H and O–H groups in total. The lowest BCUT2D eigenvalue weighted by molar-refractivity contribution is -0.138. The lowest BCUT2D eigenvalue weighted by atomic mass is 10.0. The van der Waals surface area contributed by atoms with Crippen molar-refractivity contribution in [1.82, 2.24) is 20.0 Å². The second-order valence-electron chi connectivity index (χ2n) is 9.50. The highest BCUT2D eigenvalue weighted by Crippen LogP contribution is 2.21. The summed E-state index contributed by atoms with van der Waals surface area (Å²) in [5, 5.41) is 14.3. The molecular weight excluding hydrogens is 476 g/mol. The predicted octanol–water partition coefficient (Wildman–Crippen LogP) is 1.19. The number of nitrogens with zero attached hydrogens (tertiary/aromatic N) is 3. The molecule has 10 nitrogen and oxygen atoms in total. The minimum Gasteiger partial charge on any atom is -0.492 e.